The van der Waals surface area contributed by atoms with Gasteiger partial charge in [0.15, 0.2) is 0 Å². The van der Waals surface area contributed by atoms with Gasteiger partial charge in [-0.3, -0.25) is 0 Å². The Morgan fingerprint density at radius 3 is 1.24 bits per heavy atom. The number of hydrogen-bond donors (Lipinski definition) is 0. The molecule has 0 saturated carbocycles. The zero-order valence-corrected chi connectivity index (χ0v) is 16.7. The Labute approximate surface area is 172 Å². The molecule has 0 aromatic carbocycles. The molecule has 2 rings (SSSR count). The third kappa shape index (κ3) is 9.42. The standard InChI is InChI=1S/2C8H10F3NO2.Ni/c2*1-7(2)4-14-6(12-7)3-5(13)8(9,10)11;/h2*3,13H,4H2,1-2H3;/q;;+2/p-2/b2*5-3-;. The molecule has 0 fully saturated rings. The molecule has 6 nitrogen and oxygen atoms in total. The normalized spacial score (nSPS) is 21.0. The fourth-order valence-electron chi connectivity index (χ4n) is 1.76. The summed E-state index contributed by atoms with van der Waals surface area (Å²) in [6.07, 6.45) is -8.99. The van der Waals surface area contributed by atoms with Crippen LogP contribution in [0.2, 0.25) is 0 Å². The van der Waals surface area contributed by atoms with E-state index in [-0.39, 0.29) is 41.5 Å². The average Bonchev–Trinajstić information content (AvgIpc) is 2.99. The second-order valence-corrected chi connectivity index (χ2v) is 7.11. The van der Waals surface area contributed by atoms with Crippen molar-refractivity contribution in [1.29, 1.82) is 0 Å². The van der Waals surface area contributed by atoms with Crippen LogP contribution in [0.3, 0.4) is 0 Å². The Balaban J connectivity index is 0.000000523. The summed E-state index contributed by atoms with van der Waals surface area (Å²) in [5.41, 5.74) is -1.12. The van der Waals surface area contributed by atoms with Crippen LogP contribution >= 0.6 is 0 Å². The Bertz CT molecular complexity index is 649. The quantitative estimate of drug-likeness (QED) is 0.348. The van der Waals surface area contributed by atoms with Gasteiger partial charge >= 0.3 is 28.8 Å². The molecule has 0 N–H and O–H groups in total. The Morgan fingerprint density at radius 1 is 0.793 bits per heavy atom. The summed E-state index contributed by atoms with van der Waals surface area (Å²) in [5.74, 6) is -4.41. The second-order valence-electron chi connectivity index (χ2n) is 7.11. The monoisotopic (exact) mass is 474 g/mol. The van der Waals surface area contributed by atoms with E-state index in [1.165, 1.54) is 0 Å². The van der Waals surface area contributed by atoms with Crippen molar-refractivity contribution < 1.29 is 62.5 Å². The summed E-state index contributed by atoms with van der Waals surface area (Å²) in [6.45, 7) is 7.17. The number of hydrogen-bond acceptors (Lipinski definition) is 6. The third-order valence-electron chi connectivity index (χ3n) is 3.04. The van der Waals surface area contributed by atoms with E-state index in [2.05, 4.69) is 9.98 Å². The van der Waals surface area contributed by atoms with E-state index in [0.29, 0.717) is 12.2 Å². The van der Waals surface area contributed by atoms with Crippen LogP contribution in [-0.4, -0.2) is 48.4 Å². The summed E-state index contributed by atoms with van der Waals surface area (Å²) in [4.78, 5) is 7.58. The molecular formula is C16H18F6N2NiO4. The van der Waals surface area contributed by atoms with E-state index < -0.39 is 34.9 Å². The average molecular weight is 475 g/mol. The van der Waals surface area contributed by atoms with E-state index >= 15 is 0 Å². The molecule has 0 atom stereocenters. The maximum Gasteiger partial charge on any atom is 2.00 e. The first-order valence-corrected chi connectivity index (χ1v) is 7.78. The molecule has 29 heavy (non-hydrogen) atoms. The smallest absolute Gasteiger partial charge is 0.869 e. The second kappa shape index (κ2) is 9.27. The van der Waals surface area contributed by atoms with Gasteiger partial charge < -0.3 is 19.7 Å². The van der Waals surface area contributed by atoms with E-state index in [1.807, 2.05) is 0 Å². The third-order valence-corrected chi connectivity index (χ3v) is 3.04. The van der Waals surface area contributed by atoms with Gasteiger partial charge in [0.25, 0.3) is 0 Å². The van der Waals surface area contributed by atoms with Gasteiger partial charge in [-0.05, 0) is 51.4 Å². The van der Waals surface area contributed by atoms with Crippen LogP contribution < -0.4 is 10.2 Å². The predicted molar refractivity (Wildman–Crippen MR) is 83.2 cm³/mol. The van der Waals surface area contributed by atoms with E-state index in [4.69, 9.17) is 9.47 Å². The molecule has 2 aliphatic rings. The molecule has 13 heteroatoms. The minimum absolute atomic E-state index is 0. The Hall–Kier alpha value is -1.91. The van der Waals surface area contributed by atoms with Crippen LogP contribution in [-0.2, 0) is 26.0 Å². The van der Waals surface area contributed by atoms with Crippen molar-refractivity contribution in [2.75, 3.05) is 13.2 Å². The molecule has 0 aliphatic carbocycles. The summed E-state index contributed by atoms with van der Waals surface area (Å²) >= 11 is 0. The van der Waals surface area contributed by atoms with E-state index in [1.54, 1.807) is 27.7 Å². The maximum absolute atomic E-state index is 11.8. The minimum Gasteiger partial charge on any atom is -0.869 e. The molecule has 0 amide bonds. The topological polar surface area (TPSA) is 89.3 Å². The van der Waals surface area contributed by atoms with E-state index in [0.717, 1.165) is 0 Å². The summed E-state index contributed by atoms with van der Waals surface area (Å²) in [6, 6.07) is 0. The summed E-state index contributed by atoms with van der Waals surface area (Å²) in [5, 5.41) is 21.0. The van der Waals surface area contributed by atoms with Crippen LogP contribution in [0.4, 0.5) is 26.3 Å². The van der Waals surface area contributed by atoms with Gasteiger partial charge in [-0.1, -0.05) is 0 Å². The Kier molecular flexibility index (Phi) is 8.66. The Morgan fingerprint density at radius 2 is 1.07 bits per heavy atom. The fourth-order valence-corrected chi connectivity index (χ4v) is 1.76. The summed E-state index contributed by atoms with van der Waals surface area (Å²) in [7, 11) is 0. The molecule has 0 unspecified atom stereocenters. The molecule has 0 aromatic rings. The van der Waals surface area contributed by atoms with Crippen molar-refractivity contribution in [3.8, 4) is 0 Å². The van der Waals surface area contributed by atoms with Gasteiger partial charge in [0, 0.05) is 0 Å². The number of allylic oxidation sites excluding steroid dienone is 2. The molecule has 2 heterocycles. The van der Waals surface area contributed by atoms with Gasteiger partial charge in [-0.15, -0.1) is 0 Å². The molecule has 0 aromatic heterocycles. The van der Waals surface area contributed by atoms with Crippen LogP contribution in [0.15, 0.2) is 33.7 Å². The molecule has 168 valence electrons. The van der Waals surface area contributed by atoms with Crippen molar-refractivity contribution in [3.05, 3.63) is 23.7 Å². The number of aliphatic imine (C=N–C) groups is 2. The van der Waals surface area contributed by atoms with Crippen molar-refractivity contribution in [1.82, 2.24) is 0 Å². The summed E-state index contributed by atoms with van der Waals surface area (Å²) < 4.78 is 80.4. The number of rotatable bonds is 2. The largest absolute Gasteiger partial charge is 2.00 e. The minimum atomic E-state index is -4.86. The van der Waals surface area contributed by atoms with Crippen molar-refractivity contribution in [2.24, 2.45) is 9.98 Å². The van der Waals surface area contributed by atoms with Crippen LogP contribution in [0.5, 0.6) is 0 Å². The number of ether oxygens (including phenoxy) is 2. The molecular weight excluding hydrogens is 457 g/mol. The molecule has 0 bridgehead atoms. The molecule has 0 spiro atoms. The van der Waals surface area contributed by atoms with Gasteiger partial charge in [0.1, 0.15) is 13.2 Å². The zero-order valence-electron chi connectivity index (χ0n) is 15.7. The maximum atomic E-state index is 11.8. The van der Waals surface area contributed by atoms with Crippen LogP contribution in [0, 0.1) is 0 Å². The van der Waals surface area contributed by atoms with E-state index in [9.17, 15) is 36.6 Å². The van der Waals surface area contributed by atoms with Crippen molar-refractivity contribution in [2.45, 2.75) is 51.1 Å². The van der Waals surface area contributed by atoms with Gasteiger partial charge in [-0.25, -0.2) is 9.98 Å². The molecule has 2 aliphatic heterocycles. The number of nitrogens with zero attached hydrogens (tertiary/aromatic N) is 2. The fraction of sp³-hybridized carbons (Fsp3) is 0.625. The van der Waals surface area contributed by atoms with Crippen LogP contribution in [0.25, 0.3) is 0 Å². The molecule has 0 saturated heterocycles. The first-order valence-electron chi connectivity index (χ1n) is 7.78. The van der Waals surface area contributed by atoms with Crippen LogP contribution in [0.1, 0.15) is 27.7 Å². The van der Waals surface area contributed by atoms with Gasteiger partial charge in [-0.2, -0.15) is 26.3 Å². The first kappa shape index (κ1) is 27.1. The predicted octanol–water partition coefficient (Wildman–Crippen LogP) is 2.00. The number of alkyl halides is 6. The van der Waals surface area contributed by atoms with Crippen molar-refractivity contribution in [3.63, 3.8) is 0 Å². The zero-order chi connectivity index (χ0) is 22.0. The van der Waals surface area contributed by atoms with Crippen molar-refractivity contribution >= 4 is 11.8 Å². The SMILES string of the molecule is CC1(C)COC(/C=C(\[O-])C(F)(F)F)=N1.CC1(C)COC(/C=C(\[O-])C(F)(F)F)=N1.[Ni+2]. The van der Waals surface area contributed by atoms with Gasteiger partial charge in [0.2, 0.25) is 11.8 Å². The molecule has 0 radical (unpaired) electrons. The van der Waals surface area contributed by atoms with Gasteiger partial charge in [0.05, 0.1) is 11.1 Å². The number of halogens is 6. The first-order chi connectivity index (χ1) is 12.4.